The summed E-state index contributed by atoms with van der Waals surface area (Å²) in [6.45, 7) is 0. The Hall–Kier alpha value is -3.19. The summed E-state index contributed by atoms with van der Waals surface area (Å²) < 4.78 is 6.85. The van der Waals surface area contributed by atoms with Crippen LogP contribution in [0.1, 0.15) is 34.8 Å². The molecule has 28 heavy (non-hydrogen) atoms. The predicted molar refractivity (Wildman–Crippen MR) is 103 cm³/mol. The van der Waals surface area contributed by atoms with Crippen molar-refractivity contribution in [1.29, 1.82) is 0 Å². The molecule has 0 spiro atoms. The number of aliphatic hydroxyl groups is 1. The maximum Gasteiger partial charge on any atom is 0.251 e. The lowest BCUT2D eigenvalue weighted by Crippen LogP contribution is -2.41. The highest BCUT2D eigenvalue weighted by atomic mass is 16.5. The number of hydrogen-bond acceptors (Lipinski definition) is 5. The van der Waals surface area contributed by atoms with Gasteiger partial charge in [-0.15, -0.1) is 0 Å². The number of benzene rings is 1. The summed E-state index contributed by atoms with van der Waals surface area (Å²) in [4.78, 5) is 17.1. The van der Waals surface area contributed by atoms with Crippen molar-refractivity contribution in [2.45, 2.75) is 25.0 Å². The van der Waals surface area contributed by atoms with E-state index in [0.29, 0.717) is 24.3 Å². The minimum absolute atomic E-state index is 0.158. The van der Waals surface area contributed by atoms with Crippen molar-refractivity contribution < 1.29 is 14.6 Å². The minimum Gasteiger partial charge on any atom is -0.481 e. The molecule has 0 radical (unpaired) electrons. The smallest absolute Gasteiger partial charge is 0.251 e. The van der Waals surface area contributed by atoms with Gasteiger partial charge in [0.05, 0.1) is 24.9 Å². The highest BCUT2D eigenvalue weighted by Crippen LogP contribution is 2.38. The monoisotopic (exact) mass is 378 g/mol. The molecule has 1 aromatic carbocycles. The number of aromatic nitrogens is 3. The van der Waals surface area contributed by atoms with E-state index in [-0.39, 0.29) is 24.0 Å². The maximum absolute atomic E-state index is 12.8. The number of rotatable bonds is 6. The van der Waals surface area contributed by atoms with Gasteiger partial charge in [0.15, 0.2) is 0 Å². The van der Waals surface area contributed by atoms with Crippen LogP contribution in [0, 0.1) is 5.92 Å². The largest absolute Gasteiger partial charge is 0.481 e. The van der Waals surface area contributed by atoms with Crippen LogP contribution in [0.4, 0.5) is 0 Å². The number of pyridine rings is 1. The zero-order valence-corrected chi connectivity index (χ0v) is 15.5. The number of nitrogens with zero attached hydrogens (tertiary/aromatic N) is 3. The van der Waals surface area contributed by atoms with Gasteiger partial charge in [-0.3, -0.25) is 4.79 Å². The van der Waals surface area contributed by atoms with E-state index in [1.165, 1.54) is 0 Å². The van der Waals surface area contributed by atoms with Crippen LogP contribution in [0.5, 0.6) is 5.88 Å². The van der Waals surface area contributed by atoms with Crippen LogP contribution in [-0.4, -0.2) is 39.0 Å². The number of amides is 1. The van der Waals surface area contributed by atoms with Gasteiger partial charge in [-0.05, 0) is 54.7 Å². The van der Waals surface area contributed by atoms with Crippen molar-refractivity contribution in [2.24, 2.45) is 5.92 Å². The third-order valence-corrected chi connectivity index (χ3v) is 5.13. The number of carbonyl (C=O) groups is 1. The normalized spacial score (nSPS) is 19.5. The number of methoxy groups -OCH3 is 1. The van der Waals surface area contributed by atoms with Gasteiger partial charge >= 0.3 is 0 Å². The predicted octanol–water partition coefficient (Wildman–Crippen LogP) is 2.52. The molecule has 0 unspecified atom stereocenters. The molecular weight excluding hydrogens is 356 g/mol. The SMILES string of the molecule is COc1ccc([C@@H](NC(=O)c2ccc(-n3cccn3)cc2)C2CC(O)C2)cn1. The molecule has 4 rings (SSSR count). The second kappa shape index (κ2) is 7.82. The molecule has 1 atom stereocenters. The van der Waals surface area contributed by atoms with E-state index in [2.05, 4.69) is 15.4 Å². The molecular formula is C21H22N4O3. The topological polar surface area (TPSA) is 89.3 Å². The Kier molecular flexibility index (Phi) is 5.08. The van der Waals surface area contributed by atoms with Gasteiger partial charge in [-0.2, -0.15) is 5.10 Å². The molecule has 3 aromatic rings. The van der Waals surface area contributed by atoms with Gasteiger partial charge in [0.2, 0.25) is 5.88 Å². The van der Waals surface area contributed by atoms with Crippen molar-refractivity contribution in [3.63, 3.8) is 0 Å². The Labute approximate surface area is 163 Å². The van der Waals surface area contributed by atoms with Crippen LogP contribution in [0.2, 0.25) is 0 Å². The Bertz CT molecular complexity index is 917. The Morgan fingerprint density at radius 3 is 2.61 bits per heavy atom. The minimum atomic E-state index is -0.302. The Balaban J connectivity index is 1.51. The number of nitrogens with one attached hydrogen (secondary N) is 1. The summed E-state index contributed by atoms with van der Waals surface area (Å²) in [7, 11) is 1.57. The van der Waals surface area contributed by atoms with Crippen LogP contribution < -0.4 is 10.1 Å². The van der Waals surface area contributed by atoms with Crippen molar-refractivity contribution in [1.82, 2.24) is 20.1 Å². The molecule has 1 fully saturated rings. The molecule has 2 N–H and O–H groups in total. The van der Waals surface area contributed by atoms with Crippen LogP contribution in [-0.2, 0) is 0 Å². The van der Waals surface area contributed by atoms with Crippen LogP contribution in [0.25, 0.3) is 5.69 Å². The highest BCUT2D eigenvalue weighted by molar-refractivity contribution is 5.94. The molecule has 1 aliphatic rings. The van der Waals surface area contributed by atoms with Crippen LogP contribution >= 0.6 is 0 Å². The third kappa shape index (κ3) is 3.75. The van der Waals surface area contributed by atoms with Crippen molar-refractivity contribution in [3.8, 4) is 11.6 Å². The zero-order valence-electron chi connectivity index (χ0n) is 15.5. The first-order valence-electron chi connectivity index (χ1n) is 9.23. The van der Waals surface area contributed by atoms with Gasteiger partial charge in [0.25, 0.3) is 5.91 Å². The first-order valence-corrected chi connectivity index (χ1v) is 9.23. The average Bonchev–Trinajstić information content (AvgIpc) is 3.25. The van der Waals surface area contributed by atoms with Gasteiger partial charge in [0, 0.05) is 30.2 Å². The first kappa shape index (κ1) is 18.2. The van der Waals surface area contributed by atoms with Gasteiger partial charge in [-0.25, -0.2) is 9.67 Å². The fourth-order valence-electron chi connectivity index (χ4n) is 3.48. The lowest BCUT2D eigenvalue weighted by molar-refractivity contribution is 0.0234. The molecule has 1 saturated carbocycles. The summed E-state index contributed by atoms with van der Waals surface area (Å²) in [5.74, 6) is 0.545. The molecule has 0 saturated heterocycles. The lowest BCUT2D eigenvalue weighted by atomic mass is 9.75. The van der Waals surface area contributed by atoms with Crippen molar-refractivity contribution >= 4 is 5.91 Å². The zero-order chi connectivity index (χ0) is 19.5. The number of ether oxygens (including phenoxy) is 1. The van der Waals surface area contributed by atoms with E-state index < -0.39 is 0 Å². The molecule has 2 heterocycles. The molecule has 0 bridgehead atoms. The number of aliphatic hydroxyl groups excluding tert-OH is 1. The maximum atomic E-state index is 12.8. The van der Waals surface area contributed by atoms with E-state index in [0.717, 1.165) is 11.3 Å². The average molecular weight is 378 g/mol. The van der Waals surface area contributed by atoms with Crippen LogP contribution in [0.3, 0.4) is 0 Å². The van der Waals surface area contributed by atoms with E-state index >= 15 is 0 Å². The quantitative estimate of drug-likeness (QED) is 0.688. The van der Waals surface area contributed by atoms with E-state index in [4.69, 9.17) is 4.74 Å². The second-order valence-electron chi connectivity index (χ2n) is 6.97. The number of hydrogen-bond donors (Lipinski definition) is 2. The van der Waals surface area contributed by atoms with Gasteiger partial charge < -0.3 is 15.2 Å². The second-order valence-corrected chi connectivity index (χ2v) is 6.97. The van der Waals surface area contributed by atoms with E-state index in [9.17, 15) is 9.90 Å². The lowest BCUT2D eigenvalue weighted by Gasteiger charge is -2.38. The fraction of sp³-hybridized carbons (Fsp3) is 0.286. The summed E-state index contributed by atoms with van der Waals surface area (Å²) in [5.41, 5.74) is 2.36. The molecule has 1 amide bonds. The van der Waals surface area contributed by atoms with Crippen molar-refractivity contribution in [2.75, 3.05) is 7.11 Å². The Morgan fingerprint density at radius 2 is 2.04 bits per heavy atom. The number of carbonyl (C=O) groups excluding carboxylic acids is 1. The summed E-state index contributed by atoms with van der Waals surface area (Å²) in [5, 5.41) is 17.0. The molecule has 0 aliphatic heterocycles. The summed E-state index contributed by atoms with van der Waals surface area (Å²) >= 11 is 0. The molecule has 7 nitrogen and oxygen atoms in total. The van der Waals surface area contributed by atoms with Crippen LogP contribution in [0.15, 0.2) is 61.1 Å². The summed E-state index contributed by atoms with van der Waals surface area (Å²) in [6, 6.07) is 12.6. The Morgan fingerprint density at radius 1 is 1.25 bits per heavy atom. The first-order chi connectivity index (χ1) is 13.6. The third-order valence-electron chi connectivity index (χ3n) is 5.13. The standard InChI is InChI=1S/C21H22N4O3/c1-28-19-8-5-15(13-22-19)20(16-11-18(26)12-16)24-21(27)14-3-6-17(7-4-14)25-10-2-9-23-25/h2-10,13,16,18,20,26H,11-12H2,1H3,(H,24,27)/t16?,18?,20-/m1/s1. The van der Waals surface area contributed by atoms with E-state index in [1.807, 2.05) is 30.5 Å². The van der Waals surface area contributed by atoms with Gasteiger partial charge in [-0.1, -0.05) is 6.07 Å². The van der Waals surface area contributed by atoms with Crippen molar-refractivity contribution in [3.05, 3.63) is 72.2 Å². The molecule has 144 valence electrons. The van der Waals surface area contributed by atoms with Gasteiger partial charge in [0.1, 0.15) is 0 Å². The molecule has 7 heteroatoms. The molecule has 2 aromatic heterocycles. The fourth-order valence-corrected chi connectivity index (χ4v) is 3.48. The summed E-state index contributed by atoms with van der Waals surface area (Å²) in [6.07, 6.45) is 6.30. The molecule has 1 aliphatic carbocycles. The highest BCUT2D eigenvalue weighted by Gasteiger charge is 2.36. The van der Waals surface area contributed by atoms with E-state index in [1.54, 1.807) is 42.4 Å².